The second-order valence-electron chi connectivity index (χ2n) is 5.28. The van der Waals surface area contributed by atoms with Crippen LogP contribution in [0.3, 0.4) is 0 Å². The number of phenols is 1. The van der Waals surface area contributed by atoms with E-state index in [0.29, 0.717) is 5.56 Å². The molecule has 0 saturated carbocycles. The standard InChI is InChI=1S/C14H12BrN3O5/c1-17-11(20)14(12(21)18(2)13(17)22)9(23-16-10(14)15)7-4-3-5-8(19)6-7/h3-6,9,19H,1-2H3. The van der Waals surface area contributed by atoms with E-state index < -0.39 is 29.4 Å². The van der Waals surface area contributed by atoms with Crippen LogP contribution in [0.25, 0.3) is 0 Å². The Morgan fingerprint density at radius 3 is 2.39 bits per heavy atom. The summed E-state index contributed by atoms with van der Waals surface area (Å²) in [6.07, 6.45) is -1.10. The van der Waals surface area contributed by atoms with Crippen molar-refractivity contribution in [2.45, 2.75) is 6.10 Å². The maximum Gasteiger partial charge on any atom is 0.332 e. The summed E-state index contributed by atoms with van der Waals surface area (Å²) in [6.45, 7) is 0. The van der Waals surface area contributed by atoms with Crippen LogP contribution in [0.15, 0.2) is 29.4 Å². The lowest BCUT2D eigenvalue weighted by molar-refractivity contribution is -0.158. The molecule has 0 bridgehead atoms. The van der Waals surface area contributed by atoms with Crippen molar-refractivity contribution in [1.29, 1.82) is 0 Å². The Morgan fingerprint density at radius 1 is 1.22 bits per heavy atom. The van der Waals surface area contributed by atoms with Gasteiger partial charge < -0.3 is 9.94 Å². The number of rotatable bonds is 1. The number of amides is 4. The SMILES string of the molecule is CN1C(=O)N(C)C(=O)C2(C1=O)C(Br)=NOC2c1cccc(O)c1. The number of hydrogen-bond donors (Lipinski definition) is 1. The molecule has 2 aliphatic heterocycles. The quantitative estimate of drug-likeness (QED) is 0.736. The van der Waals surface area contributed by atoms with Crippen LogP contribution < -0.4 is 0 Å². The average molecular weight is 382 g/mol. The Hall–Kier alpha value is -2.42. The molecule has 1 aromatic rings. The lowest BCUT2D eigenvalue weighted by Crippen LogP contribution is -2.66. The van der Waals surface area contributed by atoms with Gasteiger partial charge in [0.05, 0.1) is 0 Å². The largest absolute Gasteiger partial charge is 0.508 e. The minimum Gasteiger partial charge on any atom is -0.508 e. The predicted molar refractivity (Wildman–Crippen MR) is 81.7 cm³/mol. The van der Waals surface area contributed by atoms with E-state index in [-0.39, 0.29) is 10.4 Å². The molecule has 1 atom stereocenters. The van der Waals surface area contributed by atoms with E-state index >= 15 is 0 Å². The predicted octanol–water partition coefficient (Wildman–Crippen LogP) is 1.21. The monoisotopic (exact) mass is 381 g/mol. The van der Waals surface area contributed by atoms with Gasteiger partial charge in [0.1, 0.15) is 5.75 Å². The first-order valence-electron chi connectivity index (χ1n) is 6.60. The van der Waals surface area contributed by atoms with Crippen molar-refractivity contribution in [2.75, 3.05) is 14.1 Å². The lowest BCUT2D eigenvalue weighted by atomic mass is 9.76. The first-order valence-corrected chi connectivity index (χ1v) is 7.40. The van der Waals surface area contributed by atoms with Crippen molar-refractivity contribution < 1.29 is 24.3 Å². The summed E-state index contributed by atoms with van der Waals surface area (Å²) in [5.41, 5.74) is -1.44. The fraction of sp³-hybridized carbons (Fsp3) is 0.286. The van der Waals surface area contributed by atoms with Gasteiger partial charge in [0.2, 0.25) is 5.41 Å². The zero-order valence-electron chi connectivity index (χ0n) is 12.2. The minimum absolute atomic E-state index is 0.0143. The first-order chi connectivity index (χ1) is 10.8. The minimum atomic E-state index is -1.83. The van der Waals surface area contributed by atoms with Gasteiger partial charge in [0, 0.05) is 19.7 Å². The van der Waals surface area contributed by atoms with Crippen LogP contribution in [0.5, 0.6) is 5.75 Å². The van der Waals surface area contributed by atoms with Gasteiger partial charge in [-0.3, -0.25) is 19.4 Å². The highest BCUT2D eigenvalue weighted by atomic mass is 79.9. The van der Waals surface area contributed by atoms with Gasteiger partial charge in [-0.2, -0.15) is 0 Å². The molecule has 0 aromatic heterocycles. The van der Waals surface area contributed by atoms with E-state index in [2.05, 4.69) is 21.1 Å². The Labute approximate surface area is 139 Å². The van der Waals surface area contributed by atoms with Crippen LogP contribution in [0.4, 0.5) is 4.79 Å². The van der Waals surface area contributed by atoms with Crippen molar-refractivity contribution in [3.8, 4) is 5.75 Å². The number of carbonyl (C=O) groups is 3. The number of barbiturate groups is 1. The van der Waals surface area contributed by atoms with Gasteiger partial charge in [-0.25, -0.2) is 4.79 Å². The summed E-state index contributed by atoms with van der Waals surface area (Å²) in [5, 5.41) is 13.4. The van der Waals surface area contributed by atoms with E-state index in [0.717, 1.165) is 9.80 Å². The number of carbonyl (C=O) groups excluding carboxylic acids is 3. The number of aromatic hydroxyl groups is 1. The molecule has 1 spiro atoms. The molecule has 1 N–H and O–H groups in total. The molecule has 120 valence electrons. The van der Waals surface area contributed by atoms with E-state index in [4.69, 9.17) is 4.84 Å². The van der Waals surface area contributed by atoms with Crippen LogP contribution in [0.2, 0.25) is 0 Å². The van der Waals surface area contributed by atoms with Crippen LogP contribution in [0.1, 0.15) is 11.7 Å². The van der Waals surface area contributed by atoms with Crippen molar-refractivity contribution in [3.63, 3.8) is 0 Å². The first kappa shape index (κ1) is 15.5. The molecule has 1 aromatic carbocycles. The molecular weight excluding hydrogens is 370 g/mol. The van der Waals surface area contributed by atoms with E-state index in [9.17, 15) is 19.5 Å². The van der Waals surface area contributed by atoms with Crippen LogP contribution in [-0.4, -0.2) is 51.5 Å². The summed E-state index contributed by atoms with van der Waals surface area (Å²) in [4.78, 5) is 44.6. The van der Waals surface area contributed by atoms with Gasteiger partial charge in [-0.15, -0.1) is 0 Å². The third kappa shape index (κ3) is 1.89. The fourth-order valence-electron chi connectivity index (χ4n) is 2.78. The fourth-order valence-corrected chi connectivity index (χ4v) is 3.41. The zero-order chi connectivity index (χ0) is 16.9. The lowest BCUT2D eigenvalue weighted by Gasteiger charge is -2.40. The molecule has 2 heterocycles. The van der Waals surface area contributed by atoms with Gasteiger partial charge in [0.25, 0.3) is 11.8 Å². The van der Waals surface area contributed by atoms with E-state index in [1.54, 1.807) is 12.1 Å². The number of oxime groups is 1. The molecule has 4 amide bonds. The van der Waals surface area contributed by atoms with Gasteiger partial charge >= 0.3 is 6.03 Å². The number of nitrogens with zero attached hydrogens (tertiary/aromatic N) is 3. The van der Waals surface area contributed by atoms with Crippen molar-refractivity contribution in [3.05, 3.63) is 29.8 Å². The number of hydrogen-bond acceptors (Lipinski definition) is 6. The molecule has 0 aliphatic carbocycles. The zero-order valence-corrected chi connectivity index (χ0v) is 13.8. The highest BCUT2D eigenvalue weighted by Gasteiger charge is 2.67. The third-order valence-electron chi connectivity index (χ3n) is 3.99. The summed E-state index contributed by atoms with van der Waals surface area (Å²) < 4.78 is -0.0143. The average Bonchev–Trinajstić information content (AvgIpc) is 2.88. The number of benzene rings is 1. The smallest absolute Gasteiger partial charge is 0.332 e. The molecule has 8 nitrogen and oxygen atoms in total. The number of phenolic OH excluding ortho intramolecular Hbond substituents is 1. The molecule has 1 fully saturated rings. The molecule has 1 unspecified atom stereocenters. The Bertz CT molecular complexity index is 739. The molecule has 23 heavy (non-hydrogen) atoms. The van der Waals surface area contributed by atoms with Crippen molar-refractivity contribution in [2.24, 2.45) is 10.6 Å². The number of urea groups is 1. The summed E-state index contributed by atoms with van der Waals surface area (Å²) >= 11 is 3.13. The molecule has 9 heteroatoms. The Morgan fingerprint density at radius 2 is 1.83 bits per heavy atom. The molecule has 2 aliphatic rings. The Balaban J connectivity index is 2.19. The van der Waals surface area contributed by atoms with Gasteiger partial charge in [-0.05, 0) is 28.1 Å². The maximum atomic E-state index is 12.8. The molecule has 3 rings (SSSR count). The molecule has 0 radical (unpaired) electrons. The Kier molecular flexibility index (Phi) is 3.40. The molecule has 1 saturated heterocycles. The summed E-state index contributed by atoms with van der Waals surface area (Å²) in [6, 6.07) is 5.26. The molecular formula is C14H12BrN3O5. The van der Waals surface area contributed by atoms with Gasteiger partial charge in [-0.1, -0.05) is 17.3 Å². The summed E-state index contributed by atoms with van der Waals surface area (Å²) in [7, 11) is 2.57. The second-order valence-corrected chi connectivity index (χ2v) is 6.03. The van der Waals surface area contributed by atoms with Crippen molar-refractivity contribution >= 4 is 38.4 Å². The van der Waals surface area contributed by atoms with Crippen molar-refractivity contribution in [1.82, 2.24) is 9.80 Å². The van der Waals surface area contributed by atoms with Crippen LogP contribution in [-0.2, 0) is 14.4 Å². The maximum absolute atomic E-state index is 12.8. The normalized spacial score (nSPS) is 23.3. The van der Waals surface area contributed by atoms with Crippen LogP contribution >= 0.6 is 15.9 Å². The topological polar surface area (TPSA) is 99.5 Å². The highest BCUT2D eigenvalue weighted by molar-refractivity contribution is 9.18. The summed E-state index contributed by atoms with van der Waals surface area (Å²) in [5.74, 6) is -1.53. The van der Waals surface area contributed by atoms with Crippen LogP contribution in [0, 0.1) is 5.41 Å². The number of imide groups is 2. The van der Waals surface area contributed by atoms with E-state index in [1.165, 1.54) is 26.2 Å². The second kappa shape index (κ2) is 5.05. The van der Waals surface area contributed by atoms with Gasteiger partial charge in [0.15, 0.2) is 10.7 Å². The third-order valence-corrected chi connectivity index (χ3v) is 4.76. The highest BCUT2D eigenvalue weighted by Crippen LogP contribution is 2.49. The van der Waals surface area contributed by atoms with E-state index in [1.807, 2.05) is 0 Å². The number of halogens is 1.